The van der Waals surface area contributed by atoms with Crippen LogP contribution in [0, 0.1) is 6.92 Å². The Labute approximate surface area is 137 Å². The number of aryl methyl sites for hydroxylation is 2. The minimum atomic E-state index is -0.143. The summed E-state index contributed by atoms with van der Waals surface area (Å²) in [6.45, 7) is 4.02. The fourth-order valence-electron chi connectivity index (χ4n) is 2.41. The highest BCUT2D eigenvalue weighted by atomic mass is 79.9. The maximum absolute atomic E-state index is 12.7. The van der Waals surface area contributed by atoms with Crippen molar-refractivity contribution in [3.63, 3.8) is 0 Å². The number of amides is 1. The van der Waals surface area contributed by atoms with Gasteiger partial charge in [-0.2, -0.15) is 0 Å². The van der Waals surface area contributed by atoms with E-state index in [1.807, 2.05) is 60.8 Å². The number of halogens is 1. The van der Waals surface area contributed by atoms with Gasteiger partial charge in [0.2, 0.25) is 0 Å². The Morgan fingerprint density at radius 3 is 2.68 bits per heavy atom. The summed E-state index contributed by atoms with van der Waals surface area (Å²) in [5.74, 6) is -0.143. The molecule has 0 bridgehead atoms. The molecule has 4 nitrogen and oxygen atoms in total. The van der Waals surface area contributed by atoms with Crippen molar-refractivity contribution >= 4 is 33.2 Å². The van der Waals surface area contributed by atoms with Crippen LogP contribution in [0.5, 0.6) is 0 Å². The van der Waals surface area contributed by atoms with Gasteiger partial charge in [0, 0.05) is 16.4 Å². The van der Waals surface area contributed by atoms with Crippen molar-refractivity contribution in [3.8, 4) is 0 Å². The van der Waals surface area contributed by atoms with E-state index in [1.54, 1.807) is 0 Å². The van der Waals surface area contributed by atoms with E-state index >= 15 is 0 Å². The molecule has 0 saturated heterocycles. The molecule has 22 heavy (non-hydrogen) atoms. The SMILES string of the molecule is CCc1nc2cc(C)ccn2c1C(=O)Nc1ccc(Br)cc1. The Kier molecular flexibility index (Phi) is 3.98. The van der Waals surface area contributed by atoms with E-state index in [0.717, 1.165) is 27.1 Å². The molecule has 0 aliphatic carbocycles. The van der Waals surface area contributed by atoms with Crippen LogP contribution in [0.2, 0.25) is 0 Å². The summed E-state index contributed by atoms with van der Waals surface area (Å²) in [4.78, 5) is 17.2. The van der Waals surface area contributed by atoms with Gasteiger partial charge in [0.25, 0.3) is 5.91 Å². The van der Waals surface area contributed by atoms with Gasteiger partial charge in [-0.3, -0.25) is 9.20 Å². The van der Waals surface area contributed by atoms with Crippen LogP contribution in [-0.2, 0) is 6.42 Å². The molecule has 2 heterocycles. The number of pyridine rings is 1. The lowest BCUT2D eigenvalue weighted by Gasteiger charge is -2.07. The second-order valence-electron chi connectivity index (χ2n) is 5.15. The highest BCUT2D eigenvalue weighted by molar-refractivity contribution is 9.10. The number of benzene rings is 1. The van der Waals surface area contributed by atoms with Crippen molar-refractivity contribution in [2.45, 2.75) is 20.3 Å². The number of hydrogen-bond acceptors (Lipinski definition) is 2. The third-order valence-corrected chi connectivity index (χ3v) is 4.03. The van der Waals surface area contributed by atoms with Crippen molar-refractivity contribution in [2.24, 2.45) is 0 Å². The highest BCUT2D eigenvalue weighted by Crippen LogP contribution is 2.18. The summed E-state index contributed by atoms with van der Waals surface area (Å²) in [5.41, 5.74) is 4.09. The Morgan fingerprint density at radius 1 is 1.27 bits per heavy atom. The van der Waals surface area contributed by atoms with Gasteiger partial charge in [-0.05, 0) is 55.3 Å². The molecule has 112 valence electrons. The summed E-state index contributed by atoms with van der Waals surface area (Å²) in [5, 5.41) is 2.93. The number of fused-ring (bicyclic) bond motifs is 1. The highest BCUT2D eigenvalue weighted by Gasteiger charge is 2.18. The number of hydrogen-bond donors (Lipinski definition) is 1. The molecule has 0 fully saturated rings. The lowest BCUT2D eigenvalue weighted by molar-refractivity contribution is 0.102. The lowest BCUT2D eigenvalue weighted by atomic mass is 10.2. The number of nitrogens with one attached hydrogen (secondary N) is 1. The van der Waals surface area contributed by atoms with Crippen LogP contribution >= 0.6 is 15.9 Å². The van der Waals surface area contributed by atoms with Crippen LogP contribution in [0.25, 0.3) is 5.65 Å². The van der Waals surface area contributed by atoms with E-state index < -0.39 is 0 Å². The number of carbonyl (C=O) groups is 1. The van der Waals surface area contributed by atoms with Gasteiger partial charge in [0.05, 0.1) is 5.69 Å². The Balaban J connectivity index is 2.00. The zero-order valence-corrected chi connectivity index (χ0v) is 14.0. The molecule has 5 heteroatoms. The first-order valence-electron chi connectivity index (χ1n) is 7.13. The second-order valence-corrected chi connectivity index (χ2v) is 6.07. The topological polar surface area (TPSA) is 46.4 Å². The molecule has 0 atom stereocenters. The number of anilines is 1. The minimum Gasteiger partial charge on any atom is -0.321 e. The van der Waals surface area contributed by atoms with Crippen LogP contribution in [-0.4, -0.2) is 15.3 Å². The van der Waals surface area contributed by atoms with Crippen molar-refractivity contribution in [3.05, 3.63) is 64.0 Å². The first-order valence-corrected chi connectivity index (χ1v) is 7.92. The third-order valence-electron chi connectivity index (χ3n) is 3.51. The van der Waals surface area contributed by atoms with Crippen molar-refractivity contribution in [2.75, 3.05) is 5.32 Å². The first kappa shape index (κ1) is 14.8. The fourth-order valence-corrected chi connectivity index (χ4v) is 2.67. The van der Waals surface area contributed by atoms with Gasteiger partial charge < -0.3 is 5.32 Å². The summed E-state index contributed by atoms with van der Waals surface area (Å²) in [6, 6.07) is 11.5. The molecule has 0 aliphatic heterocycles. The van der Waals surface area contributed by atoms with E-state index in [-0.39, 0.29) is 5.91 Å². The predicted octanol–water partition coefficient (Wildman–Crippen LogP) is 4.22. The largest absolute Gasteiger partial charge is 0.321 e. The molecule has 2 aromatic heterocycles. The van der Waals surface area contributed by atoms with E-state index in [9.17, 15) is 4.79 Å². The van der Waals surface area contributed by atoms with Crippen LogP contribution in [0.4, 0.5) is 5.69 Å². The van der Waals surface area contributed by atoms with E-state index in [0.29, 0.717) is 12.1 Å². The number of rotatable bonds is 3. The van der Waals surface area contributed by atoms with E-state index in [1.165, 1.54) is 0 Å². The second kappa shape index (κ2) is 5.93. The molecule has 0 spiro atoms. The van der Waals surface area contributed by atoms with Gasteiger partial charge >= 0.3 is 0 Å². The van der Waals surface area contributed by atoms with Gasteiger partial charge in [-0.1, -0.05) is 22.9 Å². The molecular formula is C17H16BrN3O. The number of nitrogens with zero attached hydrogens (tertiary/aromatic N) is 2. The standard InChI is InChI=1S/C17H16BrN3O/c1-3-14-16(21-9-8-11(2)10-15(21)20-14)17(22)19-13-6-4-12(18)5-7-13/h4-10H,3H2,1-2H3,(H,19,22). The Morgan fingerprint density at radius 2 is 2.00 bits per heavy atom. The van der Waals surface area contributed by atoms with Gasteiger partial charge in [-0.15, -0.1) is 0 Å². The molecule has 0 aliphatic rings. The monoisotopic (exact) mass is 357 g/mol. The van der Waals surface area contributed by atoms with Crippen molar-refractivity contribution in [1.82, 2.24) is 9.38 Å². The number of carbonyl (C=O) groups excluding carboxylic acids is 1. The molecule has 0 saturated carbocycles. The van der Waals surface area contributed by atoms with Gasteiger partial charge in [0.1, 0.15) is 11.3 Å². The summed E-state index contributed by atoms with van der Waals surface area (Å²) < 4.78 is 2.82. The van der Waals surface area contributed by atoms with Crippen LogP contribution < -0.4 is 5.32 Å². The maximum atomic E-state index is 12.7. The minimum absolute atomic E-state index is 0.143. The van der Waals surface area contributed by atoms with Crippen molar-refractivity contribution < 1.29 is 4.79 Å². The fraction of sp³-hybridized carbons (Fsp3) is 0.176. The smallest absolute Gasteiger partial charge is 0.274 e. The zero-order valence-electron chi connectivity index (χ0n) is 12.4. The summed E-state index contributed by atoms with van der Waals surface area (Å²) in [6.07, 6.45) is 2.61. The van der Waals surface area contributed by atoms with E-state index in [4.69, 9.17) is 0 Å². The van der Waals surface area contributed by atoms with Gasteiger partial charge in [-0.25, -0.2) is 4.98 Å². The quantitative estimate of drug-likeness (QED) is 0.762. The lowest BCUT2D eigenvalue weighted by Crippen LogP contribution is -2.16. The number of imidazole rings is 1. The average Bonchev–Trinajstić information content (AvgIpc) is 2.87. The predicted molar refractivity (Wildman–Crippen MR) is 91.4 cm³/mol. The molecular weight excluding hydrogens is 342 g/mol. The van der Waals surface area contributed by atoms with Crippen LogP contribution in [0.3, 0.4) is 0 Å². The Hall–Kier alpha value is -2.14. The Bertz CT molecular complexity index is 837. The molecule has 3 rings (SSSR count). The molecule has 1 amide bonds. The summed E-state index contributed by atoms with van der Waals surface area (Å²) >= 11 is 3.39. The molecule has 1 N–H and O–H groups in total. The molecule has 0 unspecified atom stereocenters. The average molecular weight is 358 g/mol. The maximum Gasteiger partial charge on any atom is 0.274 e. The van der Waals surface area contributed by atoms with Gasteiger partial charge in [0.15, 0.2) is 0 Å². The molecule has 3 aromatic rings. The number of aromatic nitrogens is 2. The first-order chi connectivity index (χ1) is 10.6. The van der Waals surface area contributed by atoms with Crippen LogP contribution in [0.1, 0.15) is 28.7 Å². The van der Waals surface area contributed by atoms with E-state index in [2.05, 4.69) is 26.2 Å². The third kappa shape index (κ3) is 2.76. The zero-order chi connectivity index (χ0) is 15.7. The normalized spacial score (nSPS) is 10.9. The van der Waals surface area contributed by atoms with Crippen molar-refractivity contribution in [1.29, 1.82) is 0 Å². The summed E-state index contributed by atoms with van der Waals surface area (Å²) in [7, 11) is 0. The molecule has 1 aromatic carbocycles. The molecule has 0 radical (unpaired) electrons. The van der Waals surface area contributed by atoms with Crippen LogP contribution in [0.15, 0.2) is 47.1 Å².